The van der Waals surface area contributed by atoms with Crippen LogP contribution in [0.15, 0.2) is 65.3 Å². The van der Waals surface area contributed by atoms with E-state index in [1.807, 2.05) is 25.1 Å². The fraction of sp³-hybridized carbons (Fsp3) is 0.217. The molecule has 6 nitrogen and oxygen atoms in total. The van der Waals surface area contributed by atoms with Gasteiger partial charge in [-0.2, -0.15) is 0 Å². The number of ether oxygens (including phenoxy) is 1. The van der Waals surface area contributed by atoms with Crippen LogP contribution in [0.5, 0.6) is 5.75 Å². The van der Waals surface area contributed by atoms with Crippen LogP contribution in [0.4, 0.5) is 11.4 Å². The largest absolute Gasteiger partial charge is 0.491 e. The molecule has 0 fully saturated rings. The van der Waals surface area contributed by atoms with Crippen LogP contribution < -0.4 is 15.4 Å². The Hall–Kier alpha value is -3.54. The summed E-state index contributed by atoms with van der Waals surface area (Å²) in [6.07, 6.45) is 3.41. The Morgan fingerprint density at radius 2 is 1.76 bits per heavy atom. The van der Waals surface area contributed by atoms with E-state index in [9.17, 15) is 9.59 Å². The molecule has 29 heavy (non-hydrogen) atoms. The first-order chi connectivity index (χ1) is 14.1. The van der Waals surface area contributed by atoms with Crippen molar-refractivity contribution in [2.75, 3.05) is 17.2 Å². The number of nitrogens with one attached hydrogen (secondary N) is 2. The van der Waals surface area contributed by atoms with Crippen LogP contribution in [0, 0.1) is 6.92 Å². The van der Waals surface area contributed by atoms with E-state index in [-0.39, 0.29) is 17.6 Å². The van der Waals surface area contributed by atoms with E-state index >= 15 is 0 Å². The molecule has 3 aromatic rings. The molecule has 0 aliphatic carbocycles. The molecule has 150 valence electrons. The summed E-state index contributed by atoms with van der Waals surface area (Å²) < 4.78 is 10.9. The molecule has 0 bridgehead atoms. The van der Waals surface area contributed by atoms with Crippen molar-refractivity contribution >= 4 is 23.2 Å². The monoisotopic (exact) mass is 392 g/mol. The van der Waals surface area contributed by atoms with E-state index in [0.717, 1.165) is 18.4 Å². The van der Waals surface area contributed by atoms with Crippen LogP contribution in [0.25, 0.3) is 0 Å². The van der Waals surface area contributed by atoms with Crippen molar-refractivity contribution in [3.05, 3.63) is 77.7 Å². The molecule has 3 rings (SSSR count). The second-order valence-electron chi connectivity index (χ2n) is 6.61. The third-order valence-electron chi connectivity index (χ3n) is 4.38. The molecule has 0 saturated heterocycles. The molecule has 0 aliphatic heterocycles. The Balaban J connectivity index is 1.74. The number of amides is 2. The number of benzene rings is 2. The van der Waals surface area contributed by atoms with E-state index < -0.39 is 0 Å². The van der Waals surface area contributed by atoms with Gasteiger partial charge in [0.2, 0.25) is 0 Å². The molecule has 2 N–H and O–H groups in total. The van der Waals surface area contributed by atoms with Gasteiger partial charge in [0.05, 0.1) is 18.6 Å². The molecule has 1 heterocycles. The van der Waals surface area contributed by atoms with Gasteiger partial charge in [-0.15, -0.1) is 0 Å². The average molecular weight is 392 g/mol. The number of para-hydroxylation sites is 2. The number of aryl methyl sites for hydroxylation is 1. The molecule has 0 atom stereocenters. The van der Waals surface area contributed by atoms with Gasteiger partial charge in [0.25, 0.3) is 11.8 Å². The maximum Gasteiger partial charge on any atom is 0.291 e. The van der Waals surface area contributed by atoms with Crippen molar-refractivity contribution < 1.29 is 18.7 Å². The first-order valence-electron chi connectivity index (χ1n) is 9.57. The van der Waals surface area contributed by atoms with E-state index in [1.165, 1.54) is 6.26 Å². The zero-order valence-corrected chi connectivity index (χ0v) is 16.5. The summed E-state index contributed by atoms with van der Waals surface area (Å²) in [4.78, 5) is 25.0. The second kappa shape index (κ2) is 9.59. The van der Waals surface area contributed by atoms with E-state index in [1.54, 1.807) is 36.4 Å². The topological polar surface area (TPSA) is 80.6 Å². The molecule has 0 unspecified atom stereocenters. The van der Waals surface area contributed by atoms with Gasteiger partial charge in [-0.3, -0.25) is 9.59 Å². The Morgan fingerprint density at radius 1 is 0.966 bits per heavy atom. The maximum atomic E-state index is 12.8. The molecule has 2 amide bonds. The summed E-state index contributed by atoms with van der Waals surface area (Å²) in [7, 11) is 0. The predicted molar refractivity (Wildman–Crippen MR) is 113 cm³/mol. The Bertz CT molecular complexity index is 980. The molecule has 0 aliphatic rings. The summed E-state index contributed by atoms with van der Waals surface area (Å²) in [6, 6.07) is 15.7. The Morgan fingerprint density at radius 3 is 2.52 bits per heavy atom. The quantitative estimate of drug-likeness (QED) is 0.512. The zero-order valence-electron chi connectivity index (χ0n) is 16.5. The lowest BCUT2D eigenvalue weighted by atomic mass is 10.1. The normalized spacial score (nSPS) is 10.4. The van der Waals surface area contributed by atoms with Gasteiger partial charge < -0.3 is 19.8 Å². The van der Waals surface area contributed by atoms with E-state index in [0.29, 0.717) is 29.3 Å². The highest BCUT2D eigenvalue weighted by molar-refractivity contribution is 6.07. The minimum atomic E-state index is -0.370. The van der Waals surface area contributed by atoms with Crippen LogP contribution in [-0.2, 0) is 0 Å². The van der Waals surface area contributed by atoms with Gasteiger partial charge in [-0.25, -0.2) is 0 Å². The average Bonchev–Trinajstić information content (AvgIpc) is 3.26. The fourth-order valence-corrected chi connectivity index (χ4v) is 2.71. The van der Waals surface area contributed by atoms with Gasteiger partial charge in [0.15, 0.2) is 5.76 Å². The van der Waals surface area contributed by atoms with E-state index in [2.05, 4.69) is 17.6 Å². The first-order valence-corrected chi connectivity index (χ1v) is 9.57. The predicted octanol–water partition coefficient (Wildman–Crippen LogP) is 5.27. The van der Waals surface area contributed by atoms with Crippen LogP contribution in [0.1, 0.15) is 46.2 Å². The number of carbonyl (C=O) groups is 2. The Kier molecular flexibility index (Phi) is 6.68. The number of anilines is 2. The number of furan rings is 1. The highest BCUT2D eigenvalue weighted by atomic mass is 16.5. The number of hydrogen-bond donors (Lipinski definition) is 2. The minimum Gasteiger partial charge on any atom is -0.491 e. The van der Waals surface area contributed by atoms with Crippen molar-refractivity contribution in [2.45, 2.75) is 26.7 Å². The van der Waals surface area contributed by atoms with Crippen LogP contribution in [0.3, 0.4) is 0 Å². The SMILES string of the molecule is CCCCOc1ccccc1NC(=O)c1ccc(C)c(NC(=O)c2ccco2)c1. The van der Waals surface area contributed by atoms with Crippen LogP contribution in [-0.4, -0.2) is 18.4 Å². The molecule has 2 aromatic carbocycles. The third-order valence-corrected chi connectivity index (χ3v) is 4.38. The number of rotatable bonds is 8. The molecular weight excluding hydrogens is 368 g/mol. The lowest BCUT2D eigenvalue weighted by Gasteiger charge is -2.13. The van der Waals surface area contributed by atoms with Gasteiger partial charge in [-0.05, 0) is 55.3 Å². The highest BCUT2D eigenvalue weighted by Crippen LogP contribution is 2.25. The van der Waals surface area contributed by atoms with E-state index in [4.69, 9.17) is 9.15 Å². The third kappa shape index (κ3) is 5.25. The molecule has 1 aromatic heterocycles. The van der Waals surface area contributed by atoms with Crippen molar-refractivity contribution in [2.24, 2.45) is 0 Å². The van der Waals surface area contributed by atoms with Gasteiger partial charge in [0.1, 0.15) is 5.75 Å². The summed E-state index contributed by atoms with van der Waals surface area (Å²) in [5.74, 6) is 0.181. The molecular formula is C23H24N2O4. The maximum absolute atomic E-state index is 12.8. The minimum absolute atomic E-state index is 0.206. The molecule has 0 radical (unpaired) electrons. The van der Waals surface area contributed by atoms with Crippen LogP contribution >= 0.6 is 0 Å². The van der Waals surface area contributed by atoms with Gasteiger partial charge in [-0.1, -0.05) is 31.5 Å². The van der Waals surface area contributed by atoms with Crippen molar-refractivity contribution in [3.8, 4) is 5.75 Å². The lowest BCUT2D eigenvalue weighted by molar-refractivity contribution is 0.0993. The highest BCUT2D eigenvalue weighted by Gasteiger charge is 2.14. The zero-order chi connectivity index (χ0) is 20.6. The lowest BCUT2D eigenvalue weighted by Crippen LogP contribution is -2.15. The Labute approximate surface area is 169 Å². The smallest absolute Gasteiger partial charge is 0.291 e. The first kappa shape index (κ1) is 20.2. The molecule has 0 saturated carbocycles. The second-order valence-corrected chi connectivity index (χ2v) is 6.61. The molecule has 0 spiro atoms. The summed E-state index contributed by atoms with van der Waals surface area (Å²) in [5.41, 5.74) is 2.42. The van der Waals surface area contributed by atoms with Gasteiger partial charge >= 0.3 is 0 Å². The van der Waals surface area contributed by atoms with Gasteiger partial charge in [0, 0.05) is 11.3 Å². The van der Waals surface area contributed by atoms with Crippen molar-refractivity contribution in [3.63, 3.8) is 0 Å². The summed E-state index contributed by atoms with van der Waals surface area (Å²) in [6.45, 7) is 4.55. The number of unbranched alkanes of at least 4 members (excludes halogenated alkanes) is 1. The standard InChI is InChI=1S/C23H24N2O4/c1-3-4-13-28-20-9-6-5-8-18(20)24-22(26)17-12-11-16(2)19(15-17)25-23(27)21-10-7-14-29-21/h5-12,14-15H,3-4,13H2,1-2H3,(H,24,26)(H,25,27). The van der Waals surface area contributed by atoms with Crippen LogP contribution in [0.2, 0.25) is 0 Å². The number of hydrogen-bond acceptors (Lipinski definition) is 4. The number of carbonyl (C=O) groups excluding carboxylic acids is 2. The molecule has 6 heteroatoms. The van der Waals surface area contributed by atoms with Crippen molar-refractivity contribution in [1.29, 1.82) is 0 Å². The summed E-state index contributed by atoms with van der Waals surface area (Å²) >= 11 is 0. The van der Waals surface area contributed by atoms with Crippen molar-refractivity contribution in [1.82, 2.24) is 0 Å². The fourth-order valence-electron chi connectivity index (χ4n) is 2.71. The summed E-state index contributed by atoms with van der Waals surface area (Å²) in [5, 5.41) is 5.67.